The number of hydrogen-bond donors (Lipinski definition) is 1. The van der Waals surface area contributed by atoms with Crippen LogP contribution in [0.5, 0.6) is 5.75 Å². The third-order valence-corrected chi connectivity index (χ3v) is 3.54. The Morgan fingerprint density at radius 3 is 2.67 bits per heavy atom. The summed E-state index contributed by atoms with van der Waals surface area (Å²) in [5.74, 6) is -0.0913. The Kier molecular flexibility index (Phi) is 5.59. The van der Waals surface area contributed by atoms with Gasteiger partial charge in [-0.3, -0.25) is 0 Å². The third-order valence-electron chi connectivity index (χ3n) is 3.30. The van der Waals surface area contributed by atoms with E-state index in [1.165, 1.54) is 7.11 Å². The number of halogens is 2. The van der Waals surface area contributed by atoms with Gasteiger partial charge in [-0.1, -0.05) is 42.8 Å². The van der Waals surface area contributed by atoms with Gasteiger partial charge in [-0.05, 0) is 36.7 Å². The minimum atomic E-state index is -0.339. The molecule has 1 unspecified atom stereocenters. The van der Waals surface area contributed by atoms with Crippen molar-refractivity contribution in [2.24, 2.45) is 0 Å². The van der Waals surface area contributed by atoms with Crippen LogP contribution in [-0.4, -0.2) is 13.7 Å². The molecule has 2 rings (SSSR count). The SMILES string of the molecule is CCCNC(c1cccc(Cl)c1)c1cccc(OC)c1F. The average Bonchev–Trinajstić information content (AvgIpc) is 2.49. The lowest BCUT2D eigenvalue weighted by molar-refractivity contribution is 0.381. The molecule has 0 aliphatic rings. The Bertz CT molecular complexity index is 603. The highest BCUT2D eigenvalue weighted by molar-refractivity contribution is 6.30. The van der Waals surface area contributed by atoms with Crippen LogP contribution in [0.3, 0.4) is 0 Å². The molecule has 0 heterocycles. The van der Waals surface area contributed by atoms with E-state index in [9.17, 15) is 4.39 Å². The maximum atomic E-state index is 14.5. The first-order valence-electron chi connectivity index (χ1n) is 6.98. The molecular formula is C17H19ClFNO. The second kappa shape index (κ2) is 7.43. The van der Waals surface area contributed by atoms with Gasteiger partial charge < -0.3 is 10.1 Å². The fourth-order valence-corrected chi connectivity index (χ4v) is 2.49. The molecule has 1 atom stereocenters. The quantitative estimate of drug-likeness (QED) is 0.843. The Morgan fingerprint density at radius 2 is 2.00 bits per heavy atom. The Hall–Kier alpha value is -1.58. The van der Waals surface area contributed by atoms with Crippen molar-refractivity contribution in [1.82, 2.24) is 5.32 Å². The van der Waals surface area contributed by atoms with Gasteiger partial charge in [-0.2, -0.15) is 0 Å². The van der Waals surface area contributed by atoms with E-state index in [1.54, 1.807) is 18.2 Å². The van der Waals surface area contributed by atoms with E-state index in [0.29, 0.717) is 10.6 Å². The van der Waals surface area contributed by atoms with Crippen molar-refractivity contribution in [1.29, 1.82) is 0 Å². The molecule has 4 heteroatoms. The molecule has 1 N–H and O–H groups in total. The zero-order chi connectivity index (χ0) is 15.2. The predicted molar refractivity (Wildman–Crippen MR) is 84.5 cm³/mol. The molecule has 0 fully saturated rings. The van der Waals surface area contributed by atoms with E-state index in [4.69, 9.17) is 16.3 Å². The molecule has 0 aliphatic carbocycles. The molecular weight excluding hydrogens is 289 g/mol. The number of benzene rings is 2. The lowest BCUT2D eigenvalue weighted by Crippen LogP contribution is -2.24. The zero-order valence-corrected chi connectivity index (χ0v) is 13.0. The van der Waals surface area contributed by atoms with Gasteiger partial charge in [0.2, 0.25) is 0 Å². The summed E-state index contributed by atoms with van der Waals surface area (Å²) in [4.78, 5) is 0. The van der Waals surface area contributed by atoms with Crippen LogP contribution < -0.4 is 10.1 Å². The molecule has 112 valence electrons. The summed E-state index contributed by atoms with van der Waals surface area (Å²) in [6, 6.07) is 12.4. The molecule has 2 aromatic carbocycles. The van der Waals surface area contributed by atoms with Gasteiger partial charge in [0.1, 0.15) is 0 Å². The lowest BCUT2D eigenvalue weighted by Gasteiger charge is -2.21. The van der Waals surface area contributed by atoms with E-state index >= 15 is 0 Å². The minimum absolute atomic E-state index is 0.248. The molecule has 0 saturated carbocycles. The van der Waals surface area contributed by atoms with Gasteiger partial charge in [-0.15, -0.1) is 0 Å². The molecule has 21 heavy (non-hydrogen) atoms. The summed E-state index contributed by atoms with van der Waals surface area (Å²) in [5.41, 5.74) is 1.49. The number of nitrogens with one attached hydrogen (secondary N) is 1. The predicted octanol–water partition coefficient (Wildman–Crippen LogP) is 4.58. The first-order valence-corrected chi connectivity index (χ1v) is 7.36. The normalized spacial score (nSPS) is 12.2. The van der Waals surface area contributed by atoms with E-state index in [2.05, 4.69) is 12.2 Å². The molecule has 0 bridgehead atoms. The summed E-state index contributed by atoms with van der Waals surface area (Å²) in [7, 11) is 1.47. The smallest absolute Gasteiger partial charge is 0.170 e. The maximum Gasteiger partial charge on any atom is 0.170 e. The highest BCUT2D eigenvalue weighted by atomic mass is 35.5. The molecule has 0 spiro atoms. The van der Waals surface area contributed by atoms with Crippen LogP contribution in [-0.2, 0) is 0 Å². The molecule has 0 radical (unpaired) electrons. The van der Waals surface area contributed by atoms with Crippen LogP contribution >= 0.6 is 11.6 Å². The largest absolute Gasteiger partial charge is 0.494 e. The third kappa shape index (κ3) is 3.74. The lowest BCUT2D eigenvalue weighted by atomic mass is 9.97. The van der Waals surface area contributed by atoms with Crippen LogP contribution in [0.4, 0.5) is 4.39 Å². The summed E-state index contributed by atoms with van der Waals surface area (Å²) < 4.78 is 19.6. The summed E-state index contributed by atoms with van der Waals surface area (Å²) in [6.07, 6.45) is 0.961. The fourth-order valence-electron chi connectivity index (χ4n) is 2.29. The van der Waals surface area contributed by atoms with Gasteiger partial charge in [0.25, 0.3) is 0 Å². The van der Waals surface area contributed by atoms with Crippen LogP contribution in [0.1, 0.15) is 30.5 Å². The van der Waals surface area contributed by atoms with E-state index in [1.807, 2.05) is 24.3 Å². The summed E-state index contributed by atoms with van der Waals surface area (Å²) in [5, 5.41) is 4.01. The van der Waals surface area contributed by atoms with Crippen molar-refractivity contribution in [3.8, 4) is 5.75 Å². The van der Waals surface area contributed by atoms with Gasteiger partial charge >= 0.3 is 0 Å². The van der Waals surface area contributed by atoms with Crippen molar-refractivity contribution in [3.63, 3.8) is 0 Å². The Balaban J connectivity index is 2.45. The fraction of sp³-hybridized carbons (Fsp3) is 0.294. The maximum absolute atomic E-state index is 14.5. The average molecular weight is 308 g/mol. The van der Waals surface area contributed by atoms with Gasteiger partial charge in [0, 0.05) is 10.6 Å². The van der Waals surface area contributed by atoms with Crippen molar-refractivity contribution in [2.45, 2.75) is 19.4 Å². The zero-order valence-electron chi connectivity index (χ0n) is 12.2. The molecule has 0 amide bonds. The van der Waals surface area contributed by atoms with E-state index in [-0.39, 0.29) is 17.6 Å². The van der Waals surface area contributed by atoms with Gasteiger partial charge in [0.15, 0.2) is 11.6 Å². The standard InChI is InChI=1S/C17H19ClFNO/c1-3-10-20-17(12-6-4-7-13(18)11-12)14-8-5-9-15(21-2)16(14)19/h4-9,11,17,20H,3,10H2,1-2H3. The Morgan fingerprint density at radius 1 is 1.24 bits per heavy atom. The topological polar surface area (TPSA) is 21.3 Å². The molecule has 0 saturated heterocycles. The van der Waals surface area contributed by atoms with Crippen LogP contribution in [0, 0.1) is 5.82 Å². The monoisotopic (exact) mass is 307 g/mol. The molecule has 0 aromatic heterocycles. The second-order valence-corrected chi connectivity index (χ2v) is 5.24. The van der Waals surface area contributed by atoms with Crippen molar-refractivity contribution in [2.75, 3.05) is 13.7 Å². The number of hydrogen-bond acceptors (Lipinski definition) is 2. The number of methoxy groups -OCH3 is 1. The minimum Gasteiger partial charge on any atom is -0.494 e. The van der Waals surface area contributed by atoms with Gasteiger partial charge in [-0.25, -0.2) is 4.39 Å². The highest BCUT2D eigenvalue weighted by Crippen LogP contribution is 2.30. The van der Waals surface area contributed by atoms with Crippen molar-refractivity contribution >= 4 is 11.6 Å². The summed E-state index contributed by atoms with van der Waals surface area (Å²) in [6.45, 7) is 2.86. The summed E-state index contributed by atoms with van der Waals surface area (Å²) >= 11 is 6.06. The number of rotatable bonds is 6. The van der Waals surface area contributed by atoms with Crippen LogP contribution in [0.25, 0.3) is 0 Å². The first kappa shape index (κ1) is 15.8. The van der Waals surface area contributed by atoms with E-state index in [0.717, 1.165) is 18.5 Å². The number of ether oxygens (including phenoxy) is 1. The Labute approximate surface area is 129 Å². The van der Waals surface area contributed by atoms with E-state index < -0.39 is 0 Å². The molecule has 2 aromatic rings. The second-order valence-electron chi connectivity index (χ2n) is 4.81. The van der Waals surface area contributed by atoms with Gasteiger partial charge in [0.05, 0.1) is 13.2 Å². The molecule has 0 aliphatic heterocycles. The highest BCUT2D eigenvalue weighted by Gasteiger charge is 2.19. The van der Waals surface area contributed by atoms with Crippen LogP contribution in [0.2, 0.25) is 5.02 Å². The van der Waals surface area contributed by atoms with Crippen LogP contribution in [0.15, 0.2) is 42.5 Å². The first-order chi connectivity index (χ1) is 10.2. The van der Waals surface area contributed by atoms with Crippen molar-refractivity contribution < 1.29 is 9.13 Å². The molecule has 2 nitrogen and oxygen atoms in total. The van der Waals surface area contributed by atoms with Crippen molar-refractivity contribution in [3.05, 3.63) is 64.4 Å².